The second kappa shape index (κ2) is 8.87. The van der Waals surface area contributed by atoms with Gasteiger partial charge in [-0.05, 0) is 55.9 Å². The number of hydrogen-bond acceptors (Lipinski definition) is 4. The van der Waals surface area contributed by atoms with Gasteiger partial charge in [-0.15, -0.1) is 11.3 Å². The minimum absolute atomic E-state index is 0.0685. The van der Waals surface area contributed by atoms with Crippen molar-refractivity contribution < 1.29 is 4.79 Å². The normalized spacial score (nSPS) is 14.3. The van der Waals surface area contributed by atoms with E-state index in [4.69, 9.17) is 4.98 Å². The molecule has 1 aliphatic carbocycles. The molecular weight excluding hydrogens is 378 g/mol. The maximum atomic E-state index is 12.4. The minimum atomic E-state index is 0.0685. The van der Waals surface area contributed by atoms with Gasteiger partial charge in [0.2, 0.25) is 5.91 Å². The topological polar surface area (TPSA) is 54.9 Å². The van der Waals surface area contributed by atoms with E-state index >= 15 is 0 Å². The lowest BCUT2D eigenvalue weighted by atomic mass is 10.0. The van der Waals surface area contributed by atoms with Crippen molar-refractivity contribution in [2.24, 2.45) is 5.92 Å². The number of hydrogen-bond donors (Lipinski definition) is 1. The lowest BCUT2D eigenvalue weighted by molar-refractivity contribution is -0.117. The van der Waals surface area contributed by atoms with Gasteiger partial charge in [-0.3, -0.25) is 4.79 Å². The Labute approximate surface area is 176 Å². The lowest BCUT2D eigenvalue weighted by Crippen LogP contribution is -2.15. The third-order valence-electron chi connectivity index (χ3n) is 5.50. The largest absolute Gasteiger partial charge is 0.311 e. The second-order valence-electron chi connectivity index (χ2n) is 7.84. The third-order valence-corrected chi connectivity index (χ3v) is 6.75. The van der Waals surface area contributed by atoms with Gasteiger partial charge in [0.05, 0.1) is 15.6 Å². The van der Waals surface area contributed by atoms with Crippen LogP contribution in [0.1, 0.15) is 49.6 Å². The first kappa shape index (κ1) is 19.8. The summed E-state index contributed by atoms with van der Waals surface area (Å²) in [6.07, 6.45) is 8.10. The molecule has 0 saturated heterocycles. The molecule has 0 aliphatic heterocycles. The molecule has 29 heavy (non-hydrogen) atoms. The summed E-state index contributed by atoms with van der Waals surface area (Å²) in [6.45, 7) is 4.23. The molecule has 0 bridgehead atoms. The highest BCUT2D eigenvalue weighted by Gasteiger charge is 2.19. The SMILES string of the molecule is CCc1nc(-c2cccc(C)c2)c(-c2ccnc(NC(=O)CC3CCCC3)c2)s1. The summed E-state index contributed by atoms with van der Waals surface area (Å²) in [5.41, 5.74) is 4.39. The smallest absolute Gasteiger partial charge is 0.225 e. The molecule has 1 amide bonds. The van der Waals surface area contributed by atoms with E-state index < -0.39 is 0 Å². The highest BCUT2D eigenvalue weighted by molar-refractivity contribution is 7.15. The lowest BCUT2D eigenvalue weighted by Gasteiger charge is -2.10. The third kappa shape index (κ3) is 4.73. The van der Waals surface area contributed by atoms with Crippen molar-refractivity contribution >= 4 is 23.1 Å². The number of anilines is 1. The highest BCUT2D eigenvalue weighted by atomic mass is 32.1. The Kier molecular flexibility index (Phi) is 6.05. The van der Waals surface area contributed by atoms with Crippen molar-refractivity contribution in [3.05, 3.63) is 53.2 Å². The Morgan fingerprint density at radius 3 is 2.76 bits per heavy atom. The molecule has 3 aromatic rings. The quantitative estimate of drug-likeness (QED) is 0.526. The fourth-order valence-electron chi connectivity index (χ4n) is 4.01. The summed E-state index contributed by atoms with van der Waals surface area (Å²) in [6, 6.07) is 12.4. The van der Waals surface area contributed by atoms with E-state index in [1.54, 1.807) is 17.5 Å². The molecule has 2 heterocycles. The molecule has 0 radical (unpaired) electrons. The van der Waals surface area contributed by atoms with E-state index in [-0.39, 0.29) is 5.91 Å². The van der Waals surface area contributed by atoms with Crippen LogP contribution in [-0.2, 0) is 11.2 Å². The fraction of sp³-hybridized carbons (Fsp3) is 0.375. The number of aryl methyl sites for hydroxylation is 2. The van der Waals surface area contributed by atoms with Gasteiger partial charge in [0, 0.05) is 18.2 Å². The summed E-state index contributed by atoms with van der Waals surface area (Å²) >= 11 is 1.72. The van der Waals surface area contributed by atoms with Crippen LogP contribution in [0.15, 0.2) is 42.6 Å². The Morgan fingerprint density at radius 2 is 2.00 bits per heavy atom. The van der Waals surface area contributed by atoms with Crippen molar-refractivity contribution in [2.45, 2.75) is 52.4 Å². The zero-order valence-electron chi connectivity index (χ0n) is 17.1. The molecular formula is C24H27N3OS. The summed E-state index contributed by atoms with van der Waals surface area (Å²) in [5.74, 6) is 1.21. The molecule has 4 rings (SSSR count). The van der Waals surface area contributed by atoms with Crippen LogP contribution < -0.4 is 5.32 Å². The summed E-state index contributed by atoms with van der Waals surface area (Å²) < 4.78 is 0. The zero-order valence-corrected chi connectivity index (χ0v) is 17.9. The first-order valence-corrected chi connectivity index (χ1v) is 11.3. The van der Waals surface area contributed by atoms with Crippen LogP contribution in [-0.4, -0.2) is 15.9 Å². The highest BCUT2D eigenvalue weighted by Crippen LogP contribution is 2.38. The molecule has 0 spiro atoms. The number of carbonyl (C=O) groups excluding carboxylic acids is 1. The molecule has 0 atom stereocenters. The number of thiazole rings is 1. The van der Waals surface area contributed by atoms with E-state index in [1.807, 2.05) is 12.1 Å². The van der Waals surface area contributed by atoms with Gasteiger partial charge >= 0.3 is 0 Å². The van der Waals surface area contributed by atoms with Crippen molar-refractivity contribution in [3.8, 4) is 21.7 Å². The summed E-state index contributed by atoms with van der Waals surface area (Å²) in [7, 11) is 0. The number of aromatic nitrogens is 2. The number of rotatable bonds is 6. The molecule has 4 nitrogen and oxygen atoms in total. The van der Waals surface area contributed by atoms with E-state index in [2.05, 4.69) is 48.4 Å². The number of carbonyl (C=O) groups is 1. The Balaban J connectivity index is 1.61. The van der Waals surface area contributed by atoms with Gasteiger partial charge in [-0.1, -0.05) is 43.5 Å². The Morgan fingerprint density at radius 1 is 1.17 bits per heavy atom. The number of pyridine rings is 1. The maximum absolute atomic E-state index is 12.4. The van der Waals surface area contributed by atoms with E-state index in [0.717, 1.165) is 33.1 Å². The van der Waals surface area contributed by atoms with Gasteiger partial charge < -0.3 is 5.32 Å². The molecule has 1 fully saturated rings. The van der Waals surface area contributed by atoms with Crippen LogP contribution in [0, 0.1) is 12.8 Å². The molecule has 150 valence electrons. The van der Waals surface area contributed by atoms with Crippen LogP contribution in [0.5, 0.6) is 0 Å². The predicted molar refractivity (Wildman–Crippen MR) is 120 cm³/mol. The van der Waals surface area contributed by atoms with Crippen molar-refractivity contribution in [1.82, 2.24) is 9.97 Å². The first-order chi connectivity index (χ1) is 14.1. The van der Waals surface area contributed by atoms with Crippen molar-refractivity contribution in [1.29, 1.82) is 0 Å². The number of nitrogens with one attached hydrogen (secondary N) is 1. The Bertz CT molecular complexity index is 1000. The van der Waals surface area contributed by atoms with Crippen LogP contribution in [0.3, 0.4) is 0 Å². The van der Waals surface area contributed by atoms with Gasteiger partial charge in [0.15, 0.2) is 0 Å². The Hall–Kier alpha value is -2.53. The van der Waals surface area contributed by atoms with Gasteiger partial charge in [0.25, 0.3) is 0 Å². The van der Waals surface area contributed by atoms with Gasteiger partial charge in [-0.2, -0.15) is 0 Å². The first-order valence-electron chi connectivity index (χ1n) is 10.5. The van der Waals surface area contributed by atoms with Crippen LogP contribution in [0.25, 0.3) is 21.7 Å². The monoisotopic (exact) mass is 405 g/mol. The number of benzene rings is 1. The zero-order chi connectivity index (χ0) is 20.2. The van der Waals surface area contributed by atoms with E-state index in [0.29, 0.717) is 18.2 Å². The molecule has 1 N–H and O–H groups in total. The molecule has 1 aliphatic rings. The standard InChI is InChI=1S/C24H27N3OS/c1-3-22-27-23(18-10-6-7-16(2)13-18)24(29-22)19-11-12-25-20(15-19)26-21(28)14-17-8-4-5-9-17/h6-7,10-13,15,17H,3-5,8-9,14H2,1-2H3,(H,25,26,28). The number of amides is 1. The second-order valence-corrected chi connectivity index (χ2v) is 8.92. The molecule has 1 aromatic carbocycles. The van der Waals surface area contributed by atoms with Gasteiger partial charge in [-0.25, -0.2) is 9.97 Å². The average molecular weight is 406 g/mol. The molecule has 0 unspecified atom stereocenters. The number of nitrogens with zero attached hydrogens (tertiary/aromatic N) is 2. The van der Waals surface area contributed by atoms with E-state index in [1.165, 1.54) is 31.2 Å². The average Bonchev–Trinajstić information content (AvgIpc) is 3.37. The maximum Gasteiger partial charge on any atom is 0.225 e. The molecule has 1 saturated carbocycles. The minimum Gasteiger partial charge on any atom is -0.311 e. The predicted octanol–water partition coefficient (Wildman–Crippen LogP) is 6.26. The van der Waals surface area contributed by atoms with Gasteiger partial charge in [0.1, 0.15) is 5.82 Å². The van der Waals surface area contributed by atoms with Crippen LogP contribution in [0.4, 0.5) is 5.82 Å². The van der Waals surface area contributed by atoms with Crippen LogP contribution >= 0.6 is 11.3 Å². The molecule has 5 heteroatoms. The summed E-state index contributed by atoms with van der Waals surface area (Å²) in [5, 5.41) is 4.11. The van der Waals surface area contributed by atoms with E-state index in [9.17, 15) is 4.79 Å². The van der Waals surface area contributed by atoms with Crippen LogP contribution in [0.2, 0.25) is 0 Å². The fourth-order valence-corrected chi connectivity index (χ4v) is 5.03. The molecule has 2 aromatic heterocycles. The summed E-state index contributed by atoms with van der Waals surface area (Å²) in [4.78, 5) is 22.8. The van der Waals surface area contributed by atoms with Crippen molar-refractivity contribution in [3.63, 3.8) is 0 Å². The van der Waals surface area contributed by atoms with Crippen molar-refractivity contribution in [2.75, 3.05) is 5.32 Å².